The molecule has 0 saturated heterocycles. The van der Waals surface area contributed by atoms with Crippen LogP contribution in [-0.2, 0) is 0 Å². The van der Waals surface area contributed by atoms with Crippen LogP contribution in [0.5, 0.6) is 0 Å². The summed E-state index contributed by atoms with van der Waals surface area (Å²) in [7, 11) is 0. The highest BCUT2D eigenvalue weighted by molar-refractivity contribution is 6.19. The van der Waals surface area contributed by atoms with Gasteiger partial charge in [-0.1, -0.05) is 164 Å². The molecule has 0 saturated carbocycles. The van der Waals surface area contributed by atoms with Gasteiger partial charge in [0, 0.05) is 55.0 Å². The molecule has 3 heterocycles. The fraction of sp³-hybridized carbons (Fsp3) is 0.0345. The molecule has 11 aromatic rings. The van der Waals surface area contributed by atoms with Gasteiger partial charge < -0.3 is 9.13 Å². The van der Waals surface area contributed by atoms with Crippen LogP contribution in [0.3, 0.4) is 0 Å². The molecule has 0 atom stereocenters. The van der Waals surface area contributed by atoms with Crippen LogP contribution >= 0.6 is 0 Å². The molecule has 0 spiro atoms. The fourth-order valence-electron chi connectivity index (χ4n) is 9.49. The molecule has 8 aromatic carbocycles. The van der Waals surface area contributed by atoms with Crippen molar-refractivity contribution in [1.82, 2.24) is 19.1 Å². The Morgan fingerprint density at radius 3 is 1.48 bits per heavy atom. The molecule has 3 aromatic heterocycles. The van der Waals surface area contributed by atoms with E-state index in [0.717, 1.165) is 80.0 Å². The number of nitrogens with zero attached hydrogens (tertiary/aromatic N) is 4. The van der Waals surface area contributed by atoms with Crippen LogP contribution in [0.2, 0.25) is 0 Å². The van der Waals surface area contributed by atoms with Crippen LogP contribution in [0.15, 0.2) is 218 Å². The third-order valence-corrected chi connectivity index (χ3v) is 12.3. The molecule has 0 fully saturated rings. The Bertz CT molecular complexity index is 3480. The van der Waals surface area contributed by atoms with Crippen LogP contribution in [0.25, 0.3) is 106 Å². The lowest BCUT2D eigenvalue weighted by Gasteiger charge is -2.22. The second-order valence-electron chi connectivity index (χ2n) is 16.0. The lowest BCUT2D eigenvalue weighted by molar-refractivity contribution is 1.04. The Morgan fingerprint density at radius 2 is 0.887 bits per heavy atom. The van der Waals surface area contributed by atoms with Crippen LogP contribution in [0.1, 0.15) is 18.4 Å². The van der Waals surface area contributed by atoms with Gasteiger partial charge in [-0.15, -0.1) is 0 Å². The summed E-state index contributed by atoms with van der Waals surface area (Å²) in [6, 6.07) is 71.7. The lowest BCUT2D eigenvalue weighted by Crippen LogP contribution is -2.05. The number of aromatic nitrogens is 4. The number of rotatable bonds is 7. The lowest BCUT2D eigenvalue weighted by atomic mass is 9.90. The second-order valence-corrected chi connectivity index (χ2v) is 16.0. The van der Waals surface area contributed by atoms with E-state index in [9.17, 15) is 0 Å². The molecule has 0 aliphatic heterocycles. The Hall–Kier alpha value is -8.08. The maximum Gasteiger partial charge on any atom is 0.160 e. The first-order valence-electron chi connectivity index (χ1n) is 21.4. The Morgan fingerprint density at radius 1 is 0.371 bits per heavy atom. The molecule has 292 valence electrons. The quantitative estimate of drug-likeness (QED) is 0.161. The van der Waals surface area contributed by atoms with Crippen molar-refractivity contribution in [1.29, 1.82) is 0 Å². The topological polar surface area (TPSA) is 35.6 Å². The summed E-state index contributed by atoms with van der Waals surface area (Å²) in [6.07, 6.45) is 9.00. The summed E-state index contributed by atoms with van der Waals surface area (Å²) in [5.74, 6) is 0.687. The molecule has 4 nitrogen and oxygen atoms in total. The molecule has 0 amide bonds. The van der Waals surface area contributed by atoms with E-state index in [1.165, 1.54) is 38.2 Å². The monoisotopic (exact) mass is 792 g/mol. The van der Waals surface area contributed by atoms with Gasteiger partial charge in [-0.2, -0.15) is 0 Å². The van der Waals surface area contributed by atoms with Gasteiger partial charge in [-0.3, -0.25) is 0 Å². The predicted molar refractivity (Wildman–Crippen MR) is 259 cm³/mol. The highest BCUT2D eigenvalue weighted by atomic mass is 15.0. The van der Waals surface area contributed by atoms with Gasteiger partial charge in [-0.05, 0) is 78.6 Å². The number of fused-ring (bicyclic) bond motifs is 6. The van der Waals surface area contributed by atoms with Gasteiger partial charge >= 0.3 is 0 Å². The standard InChI is InChI=1S/C58H40N4/c1-6-20-39(21-7-1)47-34-43(58-59-51(41-24-10-3-11-25-41)37-52(60-58)42-26-12-4-13-27-42)35-48(40-22-8-2-9-23-40)57(47)62-54-33-19-17-31-46(54)50-36-49-45-30-16-18-32-53(45)61(55(49)38-56(50)62)44-28-14-5-15-29-44/h1,3-8,10-38H,2,9H2. The van der Waals surface area contributed by atoms with E-state index in [0.29, 0.717) is 5.82 Å². The van der Waals surface area contributed by atoms with E-state index in [4.69, 9.17) is 9.97 Å². The number of hydrogen-bond acceptors (Lipinski definition) is 2. The first-order valence-corrected chi connectivity index (χ1v) is 21.4. The maximum atomic E-state index is 5.35. The van der Waals surface area contributed by atoms with Gasteiger partial charge in [-0.25, -0.2) is 9.97 Å². The Labute approximate surface area is 360 Å². The summed E-state index contributed by atoms with van der Waals surface area (Å²) < 4.78 is 4.94. The normalized spacial score (nSPS) is 12.7. The van der Waals surface area contributed by atoms with Gasteiger partial charge in [0.2, 0.25) is 0 Å². The summed E-state index contributed by atoms with van der Waals surface area (Å²) in [6.45, 7) is 0. The number of hydrogen-bond donors (Lipinski definition) is 0. The van der Waals surface area contributed by atoms with E-state index in [1.54, 1.807) is 0 Å². The average Bonchev–Trinajstić information content (AvgIpc) is 3.85. The SMILES string of the molecule is C1=CC(c2cc(-c3nc(-c4ccccc4)cc(-c4ccccc4)n3)cc(-c3ccccc3)c2-n2c3ccccc3c3cc4c5ccccc5n(-c5ccccc5)c4cc32)=CCC1. The van der Waals surface area contributed by atoms with E-state index < -0.39 is 0 Å². The predicted octanol–water partition coefficient (Wildman–Crippen LogP) is 15.1. The Kier molecular flexibility index (Phi) is 8.60. The van der Waals surface area contributed by atoms with Crippen molar-refractivity contribution in [3.8, 4) is 56.4 Å². The zero-order chi connectivity index (χ0) is 41.0. The number of benzene rings is 8. The number of para-hydroxylation sites is 3. The largest absolute Gasteiger partial charge is 0.309 e. The van der Waals surface area contributed by atoms with Crippen molar-refractivity contribution >= 4 is 49.2 Å². The summed E-state index contributed by atoms with van der Waals surface area (Å²) in [5, 5.41) is 4.92. The molecule has 4 heteroatoms. The zero-order valence-electron chi connectivity index (χ0n) is 34.0. The molecular weight excluding hydrogens is 753 g/mol. The smallest absolute Gasteiger partial charge is 0.160 e. The van der Waals surface area contributed by atoms with E-state index >= 15 is 0 Å². The third kappa shape index (κ3) is 5.99. The van der Waals surface area contributed by atoms with Crippen LogP contribution in [0, 0.1) is 0 Å². The van der Waals surface area contributed by atoms with Crippen molar-refractivity contribution in [2.75, 3.05) is 0 Å². The molecule has 1 aliphatic carbocycles. The second kappa shape index (κ2) is 14.9. The number of allylic oxidation sites excluding steroid dienone is 4. The van der Waals surface area contributed by atoms with Crippen molar-refractivity contribution < 1.29 is 0 Å². The van der Waals surface area contributed by atoms with Crippen molar-refractivity contribution in [3.05, 3.63) is 224 Å². The summed E-state index contributed by atoms with van der Waals surface area (Å²) >= 11 is 0. The van der Waals surface area contributed by atoms with Crippen molar-refractivity contribution in [2.24, 2.45) is 0 Å². The maximum absolute atomic E-state index is 5.35. The first kappa shape index (κ1) is 35.8. The fourth-order valence-corrected chi connectivity index (χ4v) is 9.49. The van der Waals surface area contributed by atoms with E-state index in [-0.39, 0.29) is 0 Å². The molecule has 0 bridgehead atoms. The Balaban J connectivity index is 1.21. The molecule has 62 heavy (non-hydrogen) atoms. The molecule has 0 N–H and O–H groups in total. The minimum absolute atomic E-state index is 0.687. The van der Waals surface area contributed by atoms with Crippen LogP contribution in [0.4, 0.5) is 0 Å². The molecule has 0 unspecified atom stereocenters. The van der Waals surface area contributed by atoms with Gasteiger partial charge in [0.1, 0.15) is 0 Å². The van der Waals surface area contributed by atoms with Crippen molar-refractivity contribution in [2.45, 2.75) is 12.8 Å². The van der Waals surface area contributed by atoms with Crippen LogP contribution < -0.4 is 0 Å². The minimum atomic E-state index is 0.687. The third-order valence-electron chi connectivity index (χ3n) is 12.3. The molecule has 0 radical (unpaired) electrons. The molecule has 1 aliphatic rings. The first-order chi connectivity index (χ1) is 30.8. The van der Waals surface area contributed by atoms with Gasteiger partial charge in [0.15, 0.2) is 5.82 Å². The van der Waals surface area contributed by atoms with E-state index in [1.807, 2.05) is 12.1 Å². The van der Waals surface area contributed by atoms with Gasteiger partial charge in [0.25, 0.3) is 0 Å². The van der Waals surface area contributed by atoms with Crippen LogP contribution in [-0.4, -0.2) is 19.1 Å². The molecular formula is C58H40N4. The highest BCUT2D eigenvalue weighted by Crippen LogP contribution is 2.45. The summed E-state index contributed by atoms with van der Waals surface area (Å²) in [4.78, 5) is 10.7. The van der Waals surface area contributed by atoms with Crippen molar-refractivity contribution in [3.63, 3.8) is 0 Å². The van der Waals surface area contributed by atoms with E-state index in [2.05, 4.69) is 215 Å². The van der Waals surface area contributed by atoms with Gasteiger partial charge in [0.05, 0.1) is 39.1 Å². The highest BCUT2D eigenvalue weighted by Gasteiger charge is 2.25. The molecule has 12 rings (SSSR count). The minimum Gasteiger partial charge on any atom is -0.309 e. The summed E-state index contributed by atoms with van der Waals surface area (Å²) in [5.41, 5.74) is 16.4. The zero-order valence-corrected chi connectivity index (χ0v) is 34.0. The average molecular weight is 793 g/mol.